The van der Waals surface area contributed by atoms with Crippen molar-refractivity contribution in [2.24, 2.45) is 5.14 Å². The summed E-state index contributed by atoms with van der Waals surface area (Å²) in [4.78, 5) is 14.3. The van der Waals surface area contributed by atoms with E-state index in [-0.39, 0.29) is 10.8 Å². The second-order valence-electron chi connectivity index (χ2n) is 5.32. The Morgan fingerprint density at radius 3 is 2.58 bits per heavy atom. The Labute approximate surface area is 144 Å². The molecule has 7 nitrogen and oxygen atoms in total. The average molecular weight is 364 g/mol. The van der Waals surface area contributed by atoms with Crippen molar-refractivity contribution in [3.63, 3.8) is 0 Å². The first-order chi connectivity index (χ1) is 11.3. The zero-order chi connectivity index (χ0) is 17.5. The Hall–Kier alpha value is -2.29. The molecule has 0 aliphatic heterocycles. The van der Waals surface area contributed by atoms with Crippen molar-refractivity contribution >= 4 is 38.3 Å². The van der Waals surface area contributed by atoms with Gasteiger partial charge in [-0.3, -0.25) is 4.98 Å². The first-order valence-corrected chi connectivity index (χ1v) is 8.82. The van der Waals surface area contributed by atoms with Gasteiger partial charge in [-0.2, -0.15) is 0 Å². The van der Waals surface area contributed by atoms with Crippen LogP contribution in [0.4, 0.5) is 5.82 Å². The van der Waals surface area contributed by atoms with E-state index >= 15 is 0 Å². The molecule has 0 fully saturated rings. The number of hydrogen-bond acceptors (Lipinski definition) is 6. The Morgan fingerprint density at radius 1 is 1.17 bits per heavy atom. The Morgan fingerprint density at radius 2 is 1.92 bits per heavy atom. The summed E-state index contributed by atoms with van der Waals surface area (Å²) in [6.07, 6.45) is 2.99. The monoisotopic (exact) mass is 363 g/mol. The van der Waals surface area contributed by atoms with Gasteiger partial charge in [-0.25, -0.2) is 23.5 Å². The number of rotatable bonds is 3. The Balaban J connectivity index is 2.32. The minimum atomic E-state index is -3.99. The van der Waals surface area contributed by atoms with Crippen LogP contribution < -0.4 is 10.0 Å². The summed E-state index contributed by atoms with van der Waals surface area (Å²) in [5.74, 6) is 0.138. The summed E-state index contributed by atoms with van der Waals surface area (Å²) in [5, 5.41) is 6.26. The van der Waals surface area contributed by atoms with Gasteiger partial charge in [0.1, 0.15) is 0 Å². The van der Waals surface area contributed by atoms with Crippen molar-refractivity contribution in [3.05, 3.63) is 41.7 Å². The van der Waals surface area contributed by atoms with Gasteiger partial charge in [0.05, 0.1) is 22.4 Å². The molecule has 2 N–H and O–H groups in total. The van der Waals surface area contributed by atoms with Crippen LogP contribution in [0.15, 0.2) is 41.7 Å². The van der Waals surface area contributed by atoms with E-state index in [1.165, 1.54) is 11.1 Å². The van der Waals surface area contributed by atoms with E-state index in [1.54, 1.807) is 26.4 Å². The topological polar surface area (TPSA) is 102 Å². The van der Waals surface area contributed by atoms with Crippen LogP contribution in [0, 0.1) is 0 Å². The van der Waals surface area contributed by atoms with Crippen LogP contribution in [0.1, 0.15) is 0 Å². The molecule has 9 heteroatoms. The zero-order valence-corrected chi connectivity index (χ0v) is 14.5. The summed E-state index contributed by atoms with van der Waals surface area (Å²) < 4.78 is 23.4. The molecule has 0 radical (unpaired) electrons. The predicted octanol–water partition coefficient (Wildman–Crippen LogP) is 2.06. The number of nitrogens with zero attached hydrogens (tertiary/aromatic N) is 4. The molecule has 2 aromatic heterocycles. The lowest BCUT2D eigenvalue weighted by Gasteiger charge is -2.16. The molecule has 3 rings (SSSR count). The molecule has 0 aliphatic carbocycles. The molecule has 0 saturated carbocycles. The van der Waals surface area contributed by atoms with E-state index < -0.39 is 10.0 Å². The fourth-order valence-corrected chi connectivity index (χ4v) is 3.28. The highest BCUT2D eigenvalue weighted by molar-refractivity contribution is 7.89. The number of primary sulfonamides is 1. The molecule has 0 spiro atoms. The van der Waals surface area contributed by atoms with Crippen LogP contribution in [-0.2, 0) is 10.0 Å². The third-order valence-electron chi connectivity index (χ3n) is 3.39. The lowest BCUT2D eigenvalue weighted by atomic mass is 10.1. The molecule has 124 valence electrons. The molecule has 0 atom stereocenters. The highest BCUT2D eigenvalue weighted by Crippen LogP contribution is 2.34. The van der Waals surface area contributed by atoms with Gasteiger partial charge in [-0.05, 0) is 12.1 Å². The van der Waals surface area contributed by atoms with Gasteiger partial charge in [-0.1, -0.05) is 23.7 Å². The highest BCUT2D eigenvalue weighted by atomic mass is 35.5. The van der Waals surface area contributed by atoms with Crippen molar-refractivity contribution in [1.29, 1.82) is 0 Å². The maximum atomic E-state index is 11.7. The number of hydrogen-bond donors (Lipinski definition) is 1. The van der Waals surface area contributed by atoms with Gasteiger partial charge in [0.25, 0.3) is 10.0 Å². The van der Waals surface area contributed by atoms with Crippen LogP contribution in [0.5, 0.6) is 0 Å². The standard InChI is InChI=1S/C15H14ClN5O2S/c1-21(2)14-15(24(17,22)23)19-8-11(20-14)12-10(16)6-5-9-4-3-7-18-13(9)12/h3-8H,1-2H3,(H2,17,22,23). The molecule has 0 aliphatic rings. The maximum Gasteiger partial charge on any atom is 0.259 e. The zero-order valence-electron chi connectivity index (χ0n) is 12.9. The van der Waals surface area contributed by atoms with Crippen LogP contribution in [0.25, 0.3) is 22.2 Å². The molecule has 0 unspecified atom stereocenters. The number of fused-ring (bicyclic) bond motifs is 1. The van der Waals surface area contributed by atoms with E-state index in [0.29, 0.717) is 21.8 Å². The number of benzene rings is 1. The second-order valence-corrected chi connectivity index (χ2v) is 7.20. The molecule has 0 amide bonds. The summed E-state index contributed by atoms with van der Waals surface area (Å²) in [7, 11) is -0.678. The Kier molecular flexibility index (Phi) is 4.12. The van der Waals surface area contributed by atoms with E-state index in [0.717, 1.165) is 5.39 Å². The van der Waals surface area contributed by atoms with Gasteiger partial charge in [0.15, 0.2) is 5.82 Å². The number of aromatic nitrogens is 3. The van der Waals surface area contributed by atoms with Crippen molar-refractivity contribution in [3.8, 4) is 11.3 Å². The minimum absolute atomic E-state index is 0.138. The van der Waals surface area contributed by atoms with Gasteiger partial charge in [-0.15, -0.1) is 0 Å². The quantitative estimate of drug-likeness (QED) is 0.764. The lowest BCUT2D eigenvalue weighted by molar-refractivity contribution is 0.593. The first-order valence-electron chi connectivity index (χ1n) is 6.90. The summed E-state index contributed by atoms with van der Waals surface area (Å²) in [6.45, 7) is 0. The molecule has 24 heavy (non-hydrogen) atoms. The van der Waals surface area contributed by atoms with E-state index in [1.807, 2.05) is 18.2 Å². The summed E-state index contributed by atoms with van der Waals surface area (Å²) in [5.41, 5.74) is 1.67. The van der Waals surface area contributed by atoms with Gasteiger partial charge >= 0.3 is 0 Å². The molecule has 3 aromatic rings. The normalized spacial score (nSPS) is 11.7. The van der Waals surface area contributed by atoms with Crippen molar-refractivity contribution in [2.75, 3.05) is 19.0 Å². The number of anilines is 1. The van der Waals surface area contributed by atoms with E-state index in [4.69, 9.17) is 16.7 Å². The van der Waals surface area contributed by atoms with Crippen LogP contribution in [0.2, 0.25) is 5.02 Å². The van der Waals surface area contributed by atoms with Gasteiger partial charge < -0.3 is 4.90 Å². The van der Waals surface area contributed by atoms with E-state index in [9.17, 15) is 8.42 Å². The predicted molar refractivity (Wildman–Crippen MR) is 93.5 cm³/mol. The highest BCUT2D eigenvalue weighted by Gasteiger charge is 2.21. The SMILES string of the molecule is CN(C)c1nc(-c2c(Cl)ccc3cccnc23)cnc1S(N)(=O)=O. The number of halogens is 1. The van der Waals surface area contributed by atoms with E-state index in [2.05, 4.69) is 15.0 Å². The first kappa shape index (κ1) is 16.6. The third kappa shape index (κ3) is 2.91. The molecule has 1 aromatic carbocycles. The molecule has 0 bridgehead atoms. The summed E-state index contributed by atoms with van der Waals surface area (Å²) in [6, 6.07) is 7.32. The average Bonchev–Trinajstić information content (AvgIpc) is 2.53. The third-order valence-corrected chi connectivity index (χ3v) is 4.54. The second kappa shape index (κ2) is 5.97. The lowest BCUT2D eigenvalue weighted by Crippen LogP contribution is -2.21. The fraction of sp³-hybridized carbons (Fsp3) is 0.133. The minimum Gasteiger partial charge on any atom is -0.360 e. The van der Waals surface area contributed by atoms with Crippen molar-refractivity contribution < 1.29 is 8.42 Å². The molecule has 2 heterocycles. The molecule has 0 saturated heterocycles. The number of pyridine rings is 1. The molecular formula is C15H14ClN5O2S. The van der Waals surface area contributed by atoms with Crippen LogP contribution in [0.3, 0.4) is 0 Å². The van der Waals surface area contributed by atoms with Crippen molar-refractivity contribution in [1.82, 2.24) is 15.0 Å². The maximum absolute atomic E-state index is 11.7. The number of sulfonamides is 1. The van der Waals surface area contributed by atoms with Crippen LogP contribution >= 0.6 is 11.6 Å². The van der Waals surface area contributed by atoms with Gasteiger partial charge in [0.2, 0.25) is 5.03 Å². The van der Waals surface area contributed by atoms with Gasteiger partial charge in [0, 0.05) is 31.2 Å². The smallest absolute Gasteiger partial charge is 0.259 e. The Bertz CT molecular complexity index is 1040. The fourth-order valence-electron chi connectivity index (χ4n) is 2.34. The summed E-state index contributed by atoms with van der Waals surface area (Å²) >= 11 is 6.34. The largest absolute Gasteiger partial charge is 0.360 e. The van der Waals surface area contributed by atoms with Crippen LogP contribution in [-0.4, -0.2) is 37.5 Å². The number of nitrogens with two attached hydrogens (primary N) is 1. The van der Waals surface area contributed by atoms with Crippen molar-refractivity contribution in [2.45, 2.75) is 5.03 Å². The molecular weight excluding hydrogens is 350 g/mol.